The van der Waals surface area contributed by atoms with Gasteiger partial charge >= 0.3 is 0 Å². The molecule has 0 spiro atoms. The summed E-state index contributed by atoms with van der Waals surface area (Å²) in [6.45, 7) is 6.03. The molecule has 0 aliphatic heterocycles. The predicted molar refractivity (Wildman–Crippen MR) is 53.7 cm³/mol. The second-order valence-electron chi connectivity index (χ2n) is 3.47. The SMILES string of the molecule is CCC(O)C(C)c1ncccc1C. The van der Waals surface area contributed by atoms with E-state index in [1.807, 2.05) is 32.9 Å². The first-order valence-electron chi connectivity index (χ1n) is 4.76. The number of aliphatic hydroxyl groups is 1. The maximum Gasteiger partial charge on any atom is 0.0618 e. The van der Waals surface area contributed by atoms with E-state index in [0.717, 1.165) is 17.7 Å². The molecule has 0 amide bonds. The van der Waals surface area contributed by atoms with Crippen molar-refractivity contribution in [2.24, 2.45) is 0 Å². The Balaban J connectivity index is 2.88. The molecule has 0 fully saturated rings. The van der Waals surface area contributed by atoms with Gasteiger partial charge in [0, 0.05) is 17.8 Å². The van der Waals surface area contributed by atoms with Crippen LogP contribution in [0.2, 0.25) is 0 Å². The lowest BCUT2D eigenvalue weighted by Crippen LogP contribution is -2.16. The molecule has 72 valence electrons. The van der Waals surface area contributed by atoms with Crippen molar-refractivity contribution in [2.45, 2.75) is 39.2 Å². The number of nitrogens with zero attached hydrogens (tertiary/aromatic N) is 1. The Labute approximate surface area is 79.6 Å². The summed E-state index contributed by atoms with van der Waals surface area (Å²) < 4.78 is 0. The summed E-state index contributed by atoms with van der Waals surface area (Å²) in [6, 6.07) is 3.95. The van der Waals surface area contributed by atoms with Gasteiger partial charge in [-0.05, 0) is 25.0 Å². The summed E-state index contributed by atoms with van der Waals surface area (Å²) in [5, 5.41) is 9.66. The van der Waals surface area contributed by atoms with E-state index in [0.29, 0.717) is 0 Å². The smallest absolute Gasteiger partial charge is 0.0618 e. The van der Waals surface area contributed by atoms with Crippen molar-refractivity contribution in [1.82, 2.24) is 4.98 Å². The highest BCUT2D eigenvalue weighted by atomic mass is 16.3. The van der Waals surface area contributed by atoms with Crippen LogP contribution in [0.25, 0.3) is 0 Å². The lowest BCUT2D eigenvalue weighted by molar-refractivity contribution is 0.143. The van der Waals surface area contributed by atoms with Gasteiger partial charge in [0.15, 0.2) is 0 Å². The summed E-state index contributed by atoms with van der Waals surface area (Å²) in [7, 11) is 0. The second kappa shape index (κ2) is 4.38. The molecule has 2 unspecified atom stereocenters. The number of hydrogen-bond acceptors (Lipinski definition) is 2. The molecule has 0 radical (unpaired) electrons. The quantitative estimate of drug-likeness (QED) is 0.772. The van der Waals surface area contributed by atoms with Gasteiger partial charge in [-0.1, -0.05) is 19.9 Å². The third-order valence-corrected chi connectivity index (χ3v) is 2.48. The number of hydrogen-bond donors (Lipinski definition) is 1. The number of aromatic nitrogens is 1. The maximum absolute atomic E-state index is 9.66. The van der Waals surface area contributed by atoms with Gasteiger partial charge < -0.3 is 5.11 Å². The molecule has 2 heteroatoms. The molecule has 2 atom stereocenters. The fourth-order valence-corrected chi connectivity index (χ4v) is 1.51. The van der Waals surface area contributed by atoms with Crippen LogP contribution in [0.4, 0.5) is 0 Å². The molecule has 2 nitrogen and oxygen atoms in total. The van der Waals surface area contributed by atoms with E-state index in [1.165, 1.54) is 0 Å². The van der Waals surface area contributed by atoms with E-state index in [4.69, 9.17) is 0 Å². The first-order chi connectivity index (χ1) is 6.16. The topological polar surface area (TPSA) is 33.1 Å². The van der Waals surface area contributed by atoms with Crippen molar-refractivity contribution in [1.29, 1.82) is 0 Å². The van der Waals surface area contributed by atoms with Crippen molar-refractivity contribution in [3.63, 3.8) is 0 Å². The zero-order chi connectivity index (χ0) is 9.84. The van der Waals surface area contributed by atoms with E-state index >= 15 is 0 Å². The van der Waals surface area contributed by atoms with Gasteiger partial charge in [-0.15, -0.1) is 0 Å². The monoisotopic (exact) mass is 179 g/mol. The minimum atomic E-state index is -0.284. The molecule has 0 saturated carbocycles. The van der Waals surface area contributed by atoms with Crippen LogP contribution < -0.4 is 0 Å². The fourth-order valence-electron chi connectivity index (χ4n) is 1.51. The van der Waals surface area contributed by atoms with E-state index < -0.39 is 0 Å². The molecule has 0 aliphatic rings. The molecular formula is C11H17NO. The number of pyridine rings is 1. The largest absolute Gasteiger partial charge is 0.392 e. The first kappa shape index (κ1) is 10.2. The van der Waals surface area contributed by atoms with Crippen LogP contribution >= 0.6 is 0 Å². The summed E-state index contributed by atoms with van der Waals surface area (Å²) in [6.07, 6.45) is 2.27. The normalized spacial score (nSPS) is 15.4. The van der Waals surface area contributed by atoms with Crippen molar-refractivity contribution in [3.8, 4) is 0 Å². The highest BCUT2D eigenvalue weighted by molar-refractivity contribution is 5.21. The summed E-state index contributed by atoms with van der Waals surface area (Å²) in [4.78, 5) is 4.29. The zero-order valence-electron chi connectivity index (χ0n) is 8.49. The predicted octanol–water partition coefficient (Wildman–Crippen LogP) is 2.26. The molecule has 1 heterocycles. The molecule has 1 rings (SSSR count). The number of aryl methyl sites for hydroxylation is 1. The molecule has 0 saturated heterocycles. The van der Waals surface area contributed by atoms with Crippen LogP contribution in [0.15, 0.2) is 18.3 Å². The van der Waals surface area contributed by atoms with Crippen LogP contribution in [0.1, 0.15) is 37.4 Å². The molecule has 0 bridgehead atoms. The molecular weight excluding hydrogens is 162 g/mol. The van der Waals surface area contributed by atoms with Gasteiger partial charge in [0.25, 0.3) is 0 Å². The Kier molecular flexibility index (Phi) is 3.43. The van der Waals surface area contributed by atoms with E-state index in [1.54, 1.807) is 6.20 Å². The van der Waals surface area contributed by atoms with Crippen LogP contribution in [-0.2, 0) is 0 Å². The molecule has 0 aliphatic carbocycles. The Morgan fingerprint density at radius 1 is 1.54 bits per heavy atom. The third-order valence-electron chi connectivity index (χ3n) is 2.48. The van der Waals surface area contributed by atoms with Gasteiger partial charge in [0.1, 0.15) is 0 Å². The van der Waals surface area contributed by atoms with Crippen molar-refractivity contribution in [2.75, 3.05) is 0 Å². The summed E-state index contributed by atoms with van der Waals surface area (Å²) in [5.74, 6) is 0.131. The Hall–Kier alpha value is -0.890. The molecule has 1 N–H and O–H groups in total. The fraction of sp³-hybridized carbons (Fsp3) is 0.545. The average Bonchev–Trinajstić information content (AvgIpc) is 2.16. The first-order valence-corrected chi connectivity index (χ1v) is 4.76. The van der Waals surface area contributed by atoms with Crippen LogP contribution in [0.3, 0.4) is 0 Å². The van der Waals surface area contributed by atoms with Gasteiger partial charge in [0.2, 0.25) is 0 Å². The van der Waals surface area contributed by atoms with Crippen LogP contribution in [0.5, 0.6) is 0 Å². The highest BCUT2D eigenvalue weighted by Gasteiger charge is 2.16. The maximum atomic E-state index is 9.66. The summed E-state index contributed by atoms with van der Waals surface area (Å²) in [5.41, 5.74) is 2.17. The average molecular weight is 179 g/mol. The standard InChI is InChI=1S/C11H17NO/c1-4-10(13)9(3)11-8(2)6-5-7-12-11/h5-7,9-10,13H,4H2,1-3H3. The van der Waals surface area contributed by atoms with Gasteiger partial charge in [-0.25, -0.2) is 0 Å². The van der Waals surface area contributed by atoms with E-state index in [-0.39, 0.29) is 12.0 Å². The Morgan fingerprint density at radius 2 is 2.23 bits per heavy atom. The Morgan fingerprint density at radius 3 is 2.77 bits per heavy atom. The van der Waals surface area contributed by atoms with Crippen molar-refractivity contribution < 1.29 is 5.11 Å². The molecule has 1 aromatic heterocycles. The van der Waals surface area contributed by atoms with Crippen LogP contribution in [0, 0.1) is 6.92 Å². The number of rotatable bonds is 3. The van der Waals surface area contributed by atoms with E-state index in [9.17, 15) is 5.11 Å². The third kappa shape index (κ3) is 2.28. The van der Waals surface area contributed by atoms with Gasteiger partial charge in [-0.3, -0.25) is 4.98 Å². The lowest BCUT2D eigenvalue weighted by Gasteiger charge is -2.18. The number of aliphatic hydroxyl groups excluding tert-OH is 1. The van der Waals surface area contributed by atoms with Gasteiger partial charge in [-0.2, -0.15) is 0 Å². The second-order valence-corrected chi connectivity index (χ2v) is 3.47. The van der Waals surface area contributed by atoms with Crippen molar-refractivity contribution in [3.05, 3.63) is 29.6 Å². The molecule has 1 aromatic rings. The highest BCUT2D eigenvalue weighted by Crippen LogP contribution is 2.21. The van der Waals surface area contributed by atoms with E-state index in [2.05, 4.69) is 4.98 Å². The minimum Gasteiger partial charge on any atom is -0.392 e. The molecule has 13 heavy (non-hydrogen) atoms. The molecule has 0 aromatic carbocycles. The van der Waals surface area contributed by atoms with Gasteiger partial charge in [0.05, 0.1) is 6.10 Å². The summed E-state index contributed by atoms with van der Waals surface area (Å²) >= 11 is 0. The van der Waals surface area contributed by atoms with Crippen molar-refractivity contribution >= 4 is 0 Å². The van der Waals surface area contributed by atoms with Crippen LogP contribution in [-0.4, -0.2) is 16.2 Å². The lowest BCUT2D eigenvalue weighted by atomic mass is 9.95. The zero-order valence-corrected chi connectivity index (χ0v) is 8.49. The minimum absolute atomic E-state index is 0.131. The Bertz CT molecular complexity index is 273.